The van der Waals surface area contributed by atoms with E-state index in [1.54, 1.807) is 12.1 Å². The molecule has 1 amide bonds. The van der Waals surface area contributed by atoms with Gasteiger partial charge in [0.1, 0.15) is 18.8 Å². The van der Waals surface area contributed by atoms with Gasteiger partial charge in [0.05, 0.1) is 17.2 Å². The van der Waals surface area contributed by atoms with Gasteiger partial charge in [-0.2, -0.15) is 0 Å². The highest BCUT2D eigenvalue weighted by Crippen LogP contribution is 2.23. The van der Waals surface area contributed by atoms with Gasteiger partial charge < -0.3 is 10.1 Å². The number of nitrogens with zero attached hydrogens (tertiary/aromatic N) is 1. The molecule has 0 aliphatic heterocycles. The third-order valence-corrected chi connectivity index (χ3v) is 6.69. The van der Waals surface area contributed by atoms with Gasteiger partial charge in [0.2, 0.25) is 5.69 Å². The largest absolute Gasteiger partial charge is 0.494 e. The summed E-state index contributed by atoms with van der Waals surface area (Å²) in [5, 5.41) is 3.41. The molecular weight excluding hydrogens is 456 g/mol. The highest BCUT2D eigenvalue weighted by atomic mass is 35.5. The van der Waals surface area contributed by atoms with Crippen molar-refractivity contribution >= 4 is 17.5 Å². The number of aromatic nitrogens is 1. The van der Waals surface area contributed by atoms with Crippen LogP contribution in [0.4, 0.5) is 0 Å². The summed E-state index contributed by atoms with van der Waals surface area (Å²) in [6.45, 7) is 6.49. The van der Waals surface area contributed by atoms with E-state index in [0.29, 0.717) is 23.7 Å². The van der Waals surface area contributed by atoms with Crippen LogP contribution in [0.2, 0.25) is 5.02 Å². The topological polar surface area (TPSA) is 42.2 Å². The SMILES string of the molecule is CCCCCCCCCCCCCCOc1ccc(C(=O)NCc2cccc[n+]2CCC)c(Cl)c1. The van der Waals surface area contributed by atoms with Crippen LogP contribution in [0.3, 0.4) is 0 Å². The van der Waals surface area contributed by atoms with E-state index < -0.39 is 0 Å². The van der Waals surface area contributed by atoms with Crippen LogP contribution in [0, 0.1) is 0 Å². The van der Waals surface area contributed by atoms with Crippen LogP contribution >= 0.6 is 11.6 Å². The maximum atomic E-state index is 12.7. The lowest BCUT2D eigenvalue weighted by atomic mass is 10.1. The molecule has 0 radical (unpaired) electrons. The minimum absolute atomic E-state index is 0.172. The summed E-state index contributed by atoms with van der Waals surface area (Å²) >= 11 is 6.40. The Morgan fingerprint density at radius 2 is 1.51 bits per heavy atom. The van der Waals surface area contributed by atoms with Crippen LogP contribution in [0.25, 0.3) is 0 Å². The number of hydrogen-bond donors (Lipinski definition) is 1. The number of ether oxygens (including phenoxy) is 1. The van der Waals surface area contributed by atoms with Crippen molar-refractivity contribution < 1.29 is 14.1 Å². The minimum Gasteiger partial charge on any atom is -0.494 e. The molecule has 0 spiro atoms. The van der Waals surface area contributed by atoms with Crippen LogP contribution in [0.15, 0.2) is 42.6 Å². The summed E-state index contributed by atoms with van der Waals surface area (Å²) in [5.41, 5.74) is 1.54. The fourth-order valence-electron chi connectivity index (χ4n) is 4.30. The molecule has 4 nitrogen and oxygen atoms in total. The quantitative estimate of drug-likeness (QED) is 0.156. The van der Waals surface area contributed by atoms with Gasteiger partial charge in [-0.1, -0.05) is 102 Å². The molecule has 194 valence electrons. The van der Waals surface area contributed by atoms with Crippen molar-refractivity contribution in [2.45, 2.75) is 110 Å². The molecule has 0 fully saturated rings. The highest BCUT2D eigenvalue weighted by molar-refractivity contribution is 6.34. The Morgan fingerprint density at radius 1 is 0.857 bits per heavy atom. The molecule has 0 unspecified atom stereocenters. The number of amides is 1. The summed E-state index contributed by atoms with van der Waals surface area (Å²) in [6.07, 6.45) is 19.0. The molecule has 0 aliphatic rings. The lowest BCUT2D eigenvalue weighted by Gasteiger charge is -2.10. The first kappa shape index (κ1) is 29.2. The van der Waals surface area contributed by atoms with Gasteiger partial charge in [0, 0.05) is 18.6 Å². The number of hydrogen-bond acceptors (Lipinski definition) is 2. The van der Waals surface area contributed by atoms with Gasteiger partial charge in [-0.3, -0.25) is 4.79 Å². The van der Waals surface area contributed by atoms with Crippen molar-refractivity contribution in [2.75, 3.05) is 6.61 Å². The van der Waals surface area contributed by atoms with Crippen LogP contribution in [-0.4, -0.2) is 12.5 Å². The van der Waals surface area contributed by atoms with Crippen molar-refractivity contribution in [3.8, 4) is 5.75 Å². The molecule has 1 heterocycles. The van der Waals surface area contributed by atoms with E-state index in [9.17, 15) is 4.79 Å². The molecular formula is C30H46ClN2O2+. The van der Waals surface area contributed by atoms with Gasteiger partial charge in [0.15, 0.2) is 6.20 Å². The summed E-state index contributed by atoms with van der Waals surface area (Å²) in [5.74, 6) is 0.549. The molecule has 0 saturated heterocycles. The predicted molar refractivity (Wildman–Crippen MR) is 146 cm³/mol. The molecule has 0 bridgehead atoms. The minimum atomic E-state index is -0.172. The van der Waals surface area contributed by atoms with E-state index in [1.165, 1.54) is 70.6 Å². The first-order valence-corrected chi connectivity index (χ1v) is 14.2. The summed E-state index contributed by atoms with van der Waals surface area (Å²) < 4.78 is 8.03. The van der Waals surface area contributed by atoms with Gasteiger partial charge in [-0.05, 0) is 24.6 Å². The smallest absolute Gasteiger partial charge is 0.253 e. The number of halogens is 1. The maximum Gasteiger partial charge on any atom is 0.253 e. The Morgan fingerprint density at radius 3 is 2.14 bits per heavy atom. The number of aryl methyl sites for hydroxylation is 1. The molecule has 0 atom stereocenters. The van der Waals surface area contributed by atoms with Gasteiger partial charge >= 0.3 is 0 Å². The third kappa shape index (κ3) is 11.9. The fraction of sp³-hybridized carbons (Fsp3) is 0.600. The molecule has 0 saturated carbocycles. The first-order chi connectivity index (χ1) is 17.2. The van der Waals surface area contributed by atoms with Crippen molar-refractivity contribution in [2.24, 2.45) is 0 Å². The maximum absolute atomic E-state index is 12.7. The average molecular weight is 502 g/mol. The molecule has 1 aromatic heterocycles. The number of unbranched alkanes of at least 4 members (excludes halogenated alkanes) is 11. The van der Waals surface area contributed by atoms with E-state index in [2.05, 4.69) is 23.7 Å². The molecule has 0 aliphatic carbocycles. The zero-order valence-corrected chi connectivity index (χ0v) is 22.8. The monoisotopic (exact) mass is 501 g/mol. The standard InChI is InChI=1S/C30H45ClN2O2/c1-3-5-6-7-8-9-10-11-12-13-14-17-23-35-27-19-20-28(29(31)24-27)30(34)32-25-26-18-15-16-22-33(26)21-4-2/h15-16,18-20,22,24H,3-14,17,21,23,25H2,1-2H3/p+1. The van der Waals surface area contributed by atoms with Crippen molar-refractivity contribution in [3.05, 3.63) is 58.9 Å². The van der Waals surface area contributed by atoms with Crippen LogP contribution in [0.5, 0.6) is 5.75 Å². The van der Waals surface area contributed by atoms with Crippen molar-refractivity contribution in [3.63, 3.8) is 0 Å². The first-order valence-electron chi connectivity index (χ1n) is 13.8. The van der Waals surface area contributed by atoms with Gasteiger partial charge in [-0.25, -0.2) is 4.57 Å². The van der Waals surface area contributed by atoms with Crippen LogP contribution in [-0.2, 0) is 13.1 Å². The van der Waals surface area contributed by atoms with Crippen molar-refractivity contribution in [1.29, 1.82) is 0 Å². The lowest BCUT2D eigenvalue weighted by Crippen LogP contribution is -2.40. The second kappa shape index (κ2) is 18.2. The lowest BCUT2D eigenvalue weighted by molar-refractivity contribution is -0.704. The Labute approximate surface area is 218 Å². The van der Waals surface area contributed by atoms with E-state index in [4.69, 9.17) is 16.3 Å². The normalized spacial score (nSPS) is 10.9. The summed E-state index contributed by atoms with van der Waals surface area (Å²) in [4.78, 5) is 12.7. The van der Waals surface area contributed by atoms with E-state index in [-0.39, 0.29) is 5.91 Å². The van der Waals surface area contributed by atoms with E-state index in [1.807, 2.05) is 30.5 Å². The average Bonchev–Trinajstić information content (AvgIpc) is 2.86. The fourth-order valence-corrected chi connectivity index (χ4v) is 4.56. The van der Waals surface area contributed by atoms with E-state index in [0.717, 1.165) is 30.8 Å². The molecule has 35 heavy (non-hydrogen) atoms. The zero-order chi connectivity index (χ0) is 25.1. The molecule has 1 N–H and O–H groups in total. The Hall–Kier alpha value is -2.07. The zero-order valence-electron chi connectivity index (χ0n) is 22.0. The number of carbonyl (C=O) groups excluding carboxylic acids is 1. The van der Waals surface area contributed by atoms with Crippen LogP contribution < -0.4 is 14.6 Å². The molecule has 5 heteroatoms. The molecule has 2 aromatic rings. The van der Waals surface area contributed by atoms with Gasteiger partial charge in [0.25, 0.3) is 5.91 Å². The highest BCUT2D eigenvalue weighted by Gasteiger charge is 2.14. The molecule has 2 rings (SSSR count). The van der Waals surface area contributed by atoms with E-state index >= 15 is 0 Å². The second-order valence-electron chi connectivity index (χ2n) is 9.45. The van der Waals surface area contributed by atoms with Crippen LogP contribution in [0.1, 0.15) is 113 Å². The number of rotatable bonds is 19. The number of carbonyl (C=O) groups is 1. The van der Waals surface area contributed by atoms with Crippen molar-refractivity contribution in [1.82, 2.24) is 5.32 Å². The molecule has 1 aromatic carbocycles. The number of pyridine rings is 1. The Kier molecular flexibility index (Phi) is 15.2. The number of benzene rings is 1. The Bertz CT molecular complexity index is 856. The summed E-state index contributed by atoms with van der Waals surface area (Å²) in [7, 11) is 0. The Balaban J connectivity index is 1.60. The summed E-state index contributed by atoms with van der Waals surface area (Å²) in [6, 6.07) is 11.4. The third-order valence-electron chi connectivity index (χ3n) is 6.38. The van der Waals surface area contributed by atoms with Gasteiger partial charge in [-0.15, -0.1) is 0 Å². The second-order valence-corrected chi connectivity index (χ2v) is 9.85. The number of nitrogens with one attached hydrogen (secondary N) is 1. The predicted octanol–water partition coefficient (Wildman–Crippen LogP) is 8.05.